The highest BCUT2D eigenvalue weighted by Crippen LogP contribution is 2.22. The van der Waals surface area contributed by atoms with Crippen LogP contribution in [0.5, 0.6) is 5.75 Å². The van der Waals surface area contributed by atoms with E-state index < -0.39 is 0 Å². The molecule has 0 unspecified atom stereocenters. The summed E-state index contributed by atoms with van der Waals surface area (Å²) < 4.78 is 5.95. The minimum absolute atomic E-state index is 0.147. The summed E-state index contributed by atoms with van der Waals surface area (Å²) in [4.78, 5) is 19.4. The van der Waals surface area contributed by atoms with Crippen molar-refractivity contribution in [1.29, 1.82) is 0 Å². The van der Waals surface area contributed by atoms with E-state index in [1.165, 1.54) is 11.3 Å². The number of carbonyl (C=O) groups is 1. The van der Waals surface area contributed by atoms with Gasteiger partial charge in [0.05, 0.1) is 11.1 Å². The quantitative estimate of drug-likeness (QED) is 0.871. The summed E-state index contributed by atoms with van der Waals surface area (Å²) >= 11 is 1.53. The standard InChI is InChI=1S/C17H20N2O2S/c1-12-9-16(22-11-12)17(20)19-7-5-14(6-8-19)21-15-4-3-13(2)18-10-15/h3-4,9-11,14H,5-8H2,1-2H3. The van der Waals surface area contributed by atoms with Gasteiger partial charge in [0.25, 0.3) is 5.91 Å². The van der Waals surface area contributed by atoms with Crippen LogP contribution in [0.2, 0.25) is 0 Å². The summed E-state index contributed by atoms with van der Waals surface area (Å²) in [7, 11) is 0. The number of aromatic nitrogens is 1. The van der Waals surface area contributed by atoms with E-state index in [4.69, 9.17) is 4.74 Å². The number of aryl methyl sites for hydroxylation is 2. The number of pyridine rings is 1. The SMILES string of the molecule is Cc1csc(C(=O)N2CCC(Oc3ccc(C)nc3)CC2)c1. The summed E-state index contributed by atoms with van der Waals surface area (Å²) in [6.07, 6.45) is 3.66. The van der Waals surface area contributed by atoms with Crippen LogP contribution in [0.4, 0.5) is 0 Å². The second-order valence-corrected chi connectivity index (χ2v) is 6.64. The number of carbonyl (C=O) groups excluding carboxylic acids is 1. The van der Waals surface area contributed by atoms with Crippen molar-refractivity contribution >= 4 is 17.2 Å². The molecule has 1 fully saturated rings. The first-order chi connectivity index (χ1) is 10.6. The Kier molecular flexibility index (Phi) is 4.43. The first kappa shape index (κ1) is 15.0. The van der Waals surface area contributed by atoms with Crippen molar-refractivity contribution in [3.63, 3.8) is 0 Å². The number of piperidine rings is 1. The Labute approximate surface area is 134 Å². The maximum absolute atomic E-state index is 12.4. The van der Waals surface area contributed by atoms with Crippen LogP contribution in [0, 0.1) is 13.8 Å². The molecule has 116 valence electrons. The minimum Gasteiger partial charge on any atom is -0.489 e. The van der Waals surface area contributed by atoms with Gasteiger partial charge in [-0.25, -0.2) is 0 Å². The molecule has 0 aliphatic carbocycles. The lowest BCUT2D eigenvalue weighted by Crippen LogP contribution is -2.41. The molecule has 3 heterocycles. The van der Waals surface area contributed by atoms with Gasteiger partial charge in [0.15, 0.2) is 0 Å². The van der Waals surface area contributed by atoms with Crippen LogP contribution in [0.15, 0.2) is 29.8 Å². The maximum Gasteiger partial charge on any atom is 0.263 e. The Morgan fingerprint density at radius 3 is 2.68 bits per heavy atom. The van der Waals surface area contributed by atoms with E-state index in [0.29, 0.717) is 0 Å². The third kappa shape index (κ3) is 3.47. The molecule has 0 spiro atoms. The second kappa shape index (κ2) is 6.48. The van der Waals surface area contributed by atoms with Gasteiger partial charge in [-0.05, 0) is 43.0 Å². The van der Waals surface area contributed by atoms with Crippen LogP contribution in [0.25, 0.3) is 0 Å². The Hall–Kier alpha value is -1.88. The van der Waals surface area contributed by atoms with Crippen LogP contribution in [0.3, 0.4) is 0 Å². The summed E-state index contributed by atoms with van der Waals surface area (Å²) in [6, 6.07) is 5.87. The van der Waals surface area contributed by atoms with Crippen LogP contribution in [-0.4, -0.2) is 35.0 Å². The molecule has 4 nitrogen and oxygen atoms in total. The first-order valence-electron chi connectivity index (χ1n) is 7.55. The first-order valence-corrected chi connectivity index (χ1v) is 8.43. The molecule has 3 rings (SSSR count). The molecular weight excluding hydrogens is 296 g/mol. The zero-order valence-electron chi connectivity index (χ0n) is 12.9. The van der Waals surface area contributed by atoms with Crippen LogP contribution in [0.1, 0.15) is 33.8 Å². The molecule has 0 bridgehead atoms. The van der Waals surface area contributed by atoms with Gasteiger partial charge < -0.3 is 9.64 Å². The van der Waals surface area contributed by atoms with Crippen molar-refractivity contribution in [2.75, 3.05) is 13.1 Å². The van der Waals surface area contributed by atoms with Gasteiger partial charge in [0.2, 0.25) is 0 Å². The number of amides is 1. The lowest BCUT2D eigenvalue weighted by Gasteiger charge is -2.31. The Balaban J connectivity index is 1.54. The zero-order valence-corrected chi connectivity index (χ0v) is 13.7. The van der Waals surface area contributed by atoms with Crippen molar-refractivity contribution in [3.05, 3.63) is 45.9 Å². The van der Waals surface area contributed by atoms with Gasteiger partial charge in [-0.3, -0.25) is 9.78 Å². The van der Waals surface area contributed by atoms with Gasteiger partial charge in [-0.15, -0.1) is 11.3 Å². The van der Waals surface area contributed by atoms with E-state index in [-0.39, 0.29) is 12.0 Å². The van der Waals surface area contributed by atoms with E-state index in [0.717, 1.165) is 47.8 Å². The molecule has 0 aromatic carbocycles. The Bertz CT molecular complexity index is 643. The smallest absolute Gasteiger partial charge is 0.263 e. The fourth-order valence-corrected chi connectivity index (χ4v) is 3.46. The van der Waals surface area contributed by atoms with Crippen molar-refractivity contribution in [2.45, 2.75) is 32.8 Å². The molecule has 5 heteroatoms. The molecule has 1 amide bonds. The van der Waals surface area contributed by atoms with Gasteiger partial charge in [-0.2, -0.15) is 0 Å². The molecule has 2 aromatic heterocycles. The predicted octanol–water partition coefficient (Wildman–Crippen LogP) is 3.44. The van der Waals surface area contributed by atoms with E-state index in [1.807, 2.05) is 42.3 Å². The topological polar surface area (TPSA) is 42.4 Å². The monoisotopic (exact) mass is 316 g/mol. The molecule has 0 radical (unpaired) electrons. The van der Waals surface area contributed by atoms with E-state index >= 15 is 0 Å². The summed E-state index contributed by atoms with van der Waals surface area (Å²) in [5.41, 5.74) is 2.14. The number of likely N-dealkylation sites (tertiary alicyclic amines) is 1. The van der Waals surface area contributed by atoms with Crippen molar-refractivity contribution < 1.29 is 9.53 Å². The number of ether oxygens (including phenoxy) is 1. The van der Waals surface area contributed by atoms with Gasteiger partial charge >= 0.3 is 0 Å². The molecular formula is C17H20N2O2S. The third-order valence-electron chi connectivity index (χ3n) is 3.86. The maximum atomic E-state index is 12.4. The number of hydrogen-bond acceptors (Lipinski definition) is 4. The number of thiophene rings is 1. The van der Waals surface area contributed by atoms with E-state index in [9.17, 15) is 4.79 Å². The van der Waals surface area contributed by atoms with Crippen molar-refractivity contribution in [3.8, 4) is 5.75 Å². The molecule has 0 atom stereocenters. The van der Waals surface area contributed by atoms with Crippen molar-refractivity contribution in [1.82, 2.24) is 9.88 Å². The lowest BCUT2D eigenvalue weighted by molar-refractivity contribution is 0.0599. The molecule has 0 N–H and O–H groups in total. The molecule has 22 heavy (non-hydrogen) atoms. The number of hydrogen-bond donors (Lipinski definition) is 0. The Morgan fingerprint density at radius 1 is 1.32 bits per heavy atom. The normalized spacial score (nSPS) is 15.8. The van der Waals surface area contributed by atoms with Gasteiger partial charge in [0, 0.05) is 31.6 Å². The molecule has 2 aromatic rings. The molecule has 0 saturated carbocycles. The van der Waals surface area contributed by atoms with Crippen molar-refractivity contribution in [2.24, 2.45) is 0 Å². The lowest BCUT2D eigenvalue weighted by atomic mass is 10.1. The summed E-state index contributed by atoms with van der Waals surface area (Å²) in [5.74, 6) is 0.956. The summed E-state index contributed by atoms with van der Waals surface area (Å²) in [5, 5.41) is 2.02. The van der Waals surface area contributed by atoms with Gasteiger partial charge in [-0.1, -0.05) is 0 Å². The van der Waals surface area contributed by atoms with Crippen LogP contribution >= 0.6 is 11.3 Å². The molecule has 1 aliphatic rings. The predicted molar refractivity (Wildman–Crippen MR) is 87.6 cm³/mol. The number of nitrogens with zero attached hydrogens (tertiary/aromatic N) is 2. The Morgan fingerprint density at radius 2 is 2.09 bits per heavy atom. The largest absolute Gasteiger partial charge is 0.489 e. The third-order valence-corrected chi connectivity index (χ3v) is 4.89. The minimum atomic E-state index is 0.147. The van der Waals surface area contributed by atoms with Crippen LogP contribution in [-0.2, 0) is 0 Å². The van der Waals surface area contributed by atoms with E-state index in [1.54, 1.807) is 6.20 Å². The average Bonchev–Trinajstić information content (AvgIpc) is 2.96. The highest BCUT2D eigenvalue weighted by Gasteiger charge is 2.25. The number of rotatable bonds is 3. The fraction of sp³-hybridized carbons (Fsp3) is 0.412. The highest BCUT2D eigenvalue weighted by atomic mass is 32.1. The summed E-state index contributed by atoms with van der Waals surface area (Å²) in [6.45, 7) is 5.47. The second-order valence-electron chi connectivity index (χ2n) is 5.73. The zero-order chi connectivity index (χ0) is 15.5. The van der Waals surface area contributed by atoms with Crippen LogP contribution < -0.4 is 4.74 Å². The molecule has 1 aliphatic heterocycles. The highest BCUT2D eigenvalue weighted by molar-refractivity contribution is 7.12. The molecule has 1 saturated heterocycles. The van der Waals surface area contributed by atoms with E-state index in [2.05, 4.69) is 4.98 Å². The average molecular weight is 316 g/mol. The fourth-order valence-electron chi connectivity index (χ4n) is 2.59. The van der Waals surface area contributed by atoms with Gasteiger partial charge in [0.1, 0.15) is 11.9 Å².